The second-order valence-electron chi connectivity index (χ2n) is 5.75. The molecule has 0 spiro atoms. The third kappa shape index (κ3) is 3.95. The minimum Gasteiger partial charge on any atom is -0.349 e. The molecule has 1 aromatic carbocycles. The van der Waals surface area contributed by atoms with Gasteiger partial charge in [0.2, 0.25) is 0 Å². The predicted octanol–water partition coefficient (Wildman–Crippen LogP) is 4.01. The maximum Gasteiger partial charge on any atom is 0.419 e. The van der Waals surface area contributed by atoms with Gasteiger partial charge in [0.05, 0.1) is 5.56 Å². The summed E-state index contributed by atoms with van der Waals surface area (Å²) in [5.41, 5.74) is -1.88. The summed E-state index contributed by atoms with van der Waals surface area (Å²) in [4.78, 5) is 11.9. The monoisotopic (exact) mass is 291 g/mol. The fourth-order valence-corrected chi connectivity index (χ4v) is 1.38. The molecule has 1 amide bonds. The number of hydrogen-bond acceptors (Lipinski definition) is 1. The molecule has 0 heterocycles. The molecule has 0 saturated carbocycles. The van der Waals surface area contributed by atoms with E-state index in [-0.39, 0.29) is 17.0 Å². The van der Waals surface area contributed by atoms with E-state index in [9.17, 15) is 22.4 Å². The van der Waals surface area contributed by atoms with Crippen LogP contribution >= 0.6 is 0 Å². The Hall–Kier alpha value is -1.59. The third-order valence-corrected chi connectivity index (χ3v) is 3.18. The Balaban J connectivity index is 3.01. The number of rotatable bonds is 2. The smallest absolute Gasteiger partial charge is 0.349 e. The summed E-state index contributed by atoms with van der Waals surface area (Å²) in [5.74, 6) is -2.05. The van der Waals surface area contributed by atoms with Gasteiger partial charge in [-0.15, -0.1) is 0 Å². The van der Waals surface area contributed by atoms with Crippen LogP contribution in [0.5, 0.6) is 0 Å². The van der Waals surface area contributed by atoms with E-state index in [0.29, 0.717) is 12.1 Å². The van der Waals surface area contributed by atoms with Crippen LogP contribution in [0.1, 0.15) is 43.6 Å². The van der Waals surface area contributed by atoms with Crippen molar-refractivity contribution in [1.82, 2.24) is 5.32 Å². The lowest BCUT2D eigenvalue weighted by Gasteiger charge is -2.28. The molecule has 0 bridgehead atoms. The van der Waals surface area contributed by atoms with Crippen LogP contribution in [0.4, 0.5) is 17.6 Å². The Labute approximate surface area is 115 Å². The second kappa shape index (κ2) is 5.42. The molecule has 0 saturated heterocycles. The summed E-state index contributed by atoms with van der Waals surface area (Å²) in [6, 6.07) is 1.98. The molecule has 0 fully saturated rings. The van der Waals surface area contributed by atoms with E-state index >= 15 is 0 Å². The van der Waals surface area contributed by atoms with E-state index in [1.54, 1.807) is 6.92 Å². The van der Waals surface area contributed by atoms with Crippen LogP contribution in [0.25, 0.3) is 0 Å². The molecule has 0 radical (unpaired) electrons. The van der Waals surface area contributed by atoms with Gasteiger partial charge in [0.1, 0.15) is 5.82 Å². The van der Waals surface area contributed by atoms with Gasteiger partial charge < -0.3 is 5.32 Å². The van der Waals surface area contributed by atoms with Gasteiger partial charge in [-0.2, -0.15) is 13.2 Å². The number of alkyl halides is 3. The number of nitrogens with one attached hydrogen (secondary N) is 1. The number of carbonyl (C=O) groups excluding carboxylic acids is 1. The highest BCUT2D eigenvalue weighted by Crippen LogP contribution is 2.32. The molecule has 1 unspecified atom stereocenters. The third-order valence-electron chi connectivity index (χ3n) is 3.18. The number of halogens is 4. The minimum absolute atomic E-state index is 0.213. The maximum atomic E-state index is 13.1. The molecule has 0 aromatic heterocycles. The first-order valence-corrected chi connectivity index (χ1v) is 6.10. The highest BCUT2D eigenvalue weighted by atomic mass is 19.4. The van der Waals surface area contributed by atoms with E-state index < -0.39 is 23.5 Å². The van der Waals surface area contributed by atoms with Gasteiger partial charge in [-0.05, 0) is 30.5 Å². The Bertz CT molecular complexity index is 503. The number of hydrogen-bond donors (Lipinski definition) is 1. The van der Waals surface area contributed by atoms with Crippen LogP contribution < -0.4 is 5.32 Å². The fourth-order valence-electron chi connectivity index (χ4n) is 1.38. The fraction of sp³-hybridized carbons (Fsp3) is 0.500. The summed E-state index contributed by atoms with van der Waals surface area (Å²) in [6.07, 6.45) is -4.82. The highest BCUT2D eigenvalue weighted by Gasteiger charge is 2.35. The van der Waals surface area contributed by atoms with Gasteiger partial charge in [0.15, 0.2) is 0 Å². The largest absolute Gasteiger partial charge is 0.419 e. The summed E-state index contributed by atoms with van der Waals surface area (Å²) < 4.78 is 50.8. The second-order valence-corrected chi connectivity index (χ2v) is 5.75. The van der Waals surface area contributed by atoms with Crippen LogP contribution in [0.15, 0.2) is 18.2 Å². The highest BCUT2D eigenvalue weighted by molar-refractivity contribution is 5.94. The molecule has 112 valence electrons. The summed E-state index contributed by atoms with van der Waals surface area (Å²) in [6.45, 7) is 7.43. The first kappa shape index (κ1) is 16.5. The quantitative estimate of drug-likeness (QED) is 0.820. The standard InChI is InChI=1S/C14H17F4NO/c1-8(13(2,3)4)19-12(20)9-5-6-11(15)10(7-9)14(16,17)18/h5-8H,1-4H3,(H,19,20). The zero-order valence-corrected chi connectivity index (χ0v) is 11.7. The lowest BCUT2D eigenvalue weighted by atomic mass is 9.88. The van der Waals surface area contributed by atoms with Crippen molar-refractivity contribution in [3.05, 3.63) is 35.1 Å². The molecule has 1 aromatic rings. The lowest BCUT2D eigenvalue weighted by Crippen LogP contribution is -2.41. The van der Waals surface area contributed by atoms with Crippen molar-refractivity contribution < 1.29 is 22.4 Å². The molecule has 1 atom stereocenters. The lowest BCUT2D eigenvalue weighted by molar-refractivity contribution is -0.140. The zero-order valence-electron chi connectivity index (χ0n) is 11.7. The minimum atomic E-state index is -4.82. The average Bonchev–Trinajstić information content (AvgIpc) is 2.26. The van der Waals surface area contributed by atoms with Crippen molar-refractivity contribution in [3.8, 4) is 0 Å². The molecule has 0 aliphatic heterocycles. The van der Waals surface area contributed by atoms with E-state index in [1.165, 1.54) is 0 Å². The van der Waals surface area contributed by atoms with Crippen LogP contribution in [0.3, 0.4) is 0 Å². The van der Waals surface area contributed by atoms with Crippen molar-refractivity contribution in [2.75, 3.05) is 0 Å². The Morgan fingerprint density at radius 3 is 2.20 bits per heavy atom. The summed E-state index contributed by atoms with van der Waals surface area (Å²) in [7, 11) is 0. The van der Waals surface area contributed by atoms with Crippen LogP contribution in [-0.2, 0) is 6.18 Å². The van der Waals surface area contributed by atoms with E-state index in [2.05, 4.69) is 5.32 Å². The Morgan fingerprint density at radius 1 is 1.20 bits per heavy atom. The van der Waals surface area contributed by atoms with Crippen molar-refractivity contribution in [3.63, 3.8) is 0 Å². The van der Waals surface area contributed by atoms with Crippen LogP contribution in [0.2, 0.25) is 0 Å². The van der Waals surface area contributed by atoms with E-state index in [4.69, 9.17) is 0 Å². The molecule has 0 aliphatic rings. The Morgan fingerprint density at radius 2 is 1.75 bits per heavy atom. The van der Waals surface area contributed by atoms with Crippen LogP contribution in [-0.4, -0.2) is 11.9 Å². The maximum absolute atomic E-state index is 13.1. The molecule has 0 aliphatic carbocycles. The average molecular weight is 291 g/mol. The molecule has 1 rings (SSSR count). The first-order chi connectivity index (χ1) is 8.93. The van der Waals surface area contributed by atoms with Crippen molar-refractivity contribution in [1.29, 1.82) is 0 Å². The topological polar surface area (TPSA) is 29.1 Å². The number of benzene rings is 1. The molecule has 6 heteroatoms. The first-order valence-electron chi connectivity index (χ1n) is 6.10. The number of carbonyl (C=O) groups is 1. The normalized spacial score (nSPS) is 14.0. The molecular formula is C14H17F4NO. The number of amides is 1. The van der Waals surface area contributed by atoms with Gasteiger partial charge >= 0.3 is 6.18 Å². The van der Waals surface area contributed by atoms with E-state index in [1.807, 2.05) is 20.8 Å². The van der Waals surface area contributed by atoms with Crippen LogP contribution in [0, 0.1) is 11.2 Å². The van der Waals surface area contributed by atoms with Crippen molar-refractivity contribution in [2.24, 2.45) is 5.41 Å². The van der Waals surface area contributed by atoms with Crippen molar-refractivity contribution in [2.45, 2.75) is 39.9 Å². The predicted molar refractivity (Wildman–Crippen MR) is 67.8 cm³/mol. The van der Waals surface area contributed by atoms with Gasteiger partial charge in [0.25, 0.3) is 5.91 Å². The van der Waals surface area contributed by atoms with Crippen molar-refractivity contribution >= 4 is 5.91 Å². The Kier molecular flexibility index (Phi) is 4.46. The van der Waals surface area contributed by atoms with E-state index in [0.717, 1.165) is 6.07 Å². The summed E-state index contributed by atoms with van der Waals surface area (Å²) >= 11 is 0. The summed E-state index contributed by atoms with van der Waals surface area (Å²) in [5, 5.41) is 2.61. The SMILES string of the molecule is CC(NC(=O)c1ccc(F)c(C(F)(F)F)c1)C(C)(C)C. The zero-order chi connectivity index (χ0) is 15.7. The molecular weight excluding hydrogens is 274 g/mol. The van der Waals surface area contributed by atoms with Gasteiger partial charge in [-0.1, -0.05) is 20.8 Å². The van der Waals surface area contributed by atoms with Gasteiger partial charge in [0, 0.05) is 11.6 Å². The molecule has 2 nitrogen and oxygen atoms in total. The van der Waals surface area contributed by atoms with Gasteiger partial charge in [-0.3, -0.25) is 4.79 Å². The molecule has 1 N–H and O–H groups in total. The molecule has 20 heavy (non-hydrogen) atoms. The van der Waals surface area contributed by atoms with Gasteiger partial charge in [-0.25, -0.2) is 4.39 Å².